The summed E-state index contributed by atoms with van der Waals surface area (Å²) in [6.45, 7) is 0.172. The maximum Gasteiger partial charge on any atom is 0.246 e. The molecule has 0 spiro atoms. The molecule has 9 heteroatoms. The van der Waals surface area contributed by atoms with Crippen molar-refractivity contribution in [3.8, 4) is 11.5 Å². The summed E-state index contributed by atoms with van der Waals surface area (Å²) in [6.07, 6.45) is 2.17. The first-order valence-electron chi connectivity index (χ1n) is 11.7. The number of methoxy groups -OCH3 is 2. The van der Waals surface area contributed by atoms with Crippen LogP contribution in [0.25, 0.3) is 0 Å². The molecule has 2 amide bonds. The Morgan fingerprint density at radius 1 is 1.06 bits per heavy atom. The molecular formula is C26H31ClN2O6. The van der Waals surface area contributed by atoms with Crippen LogP contribution in [0, 0.1) is 0 Å². The van der Waals surface area contributed by atoms with Gasteiger partial charge in [-0.1, -0.05) is 24.3 Å². The zero-order valence-corrected chi connectivity index (χ0v) is 20.6. The molecule has 0 unspecified atom stereocenters. The van der Waals surface area contributed by atoms with Crippen LogP contribution in [0.2, 0.25) is 0 Å². The van der Waals surface area contributed by atoms with Crippen molar-refractivity contribution in [1.82, 2.24) is 10.6 Å². The molecule has 35 heavy (non-hydrogen) atoms. The van der Waals surface area contributed by atoms with Crippen molar-refractivity contribution in [2.24, 2.45) is 0 Å². The standard InChI is InChI=1S/C13H16ClNO3.C13H15NO3/c1-18-12-4-2-3-8-5-10(15-13(17)7-14)11(16)6-9(8)12;1-16-11-4-2-3-8-5-10-12(6-9(8)11)17-7-13(15)14-10/h2-4,10-11,16H,5-7H2,1H3,(H,15,17);2-4,10,12H,5-7H2,1H3,(H,14,15)/t10-,11-;10-,12-/m11/s1. The van der Waals surface area contributed by atoms with Gasteiger partial charge in [0.1, 0.15) is 24.0 Å². The van der Waals surface area contributed by atoms with E-state index in [1.165, 1.54) is 11.1 Å². The number of carbonyl (C=O) groups excluding carboxylic acids is 2. The van der Waals surface area contributed by atoms with Gasteiger partial charge in [-0.25, -0.2) is 0 Å². The summed E-state index contributed by atoms with van der Waals surface area (Å²) >= 11 is 5.45. The summed E-state index contributed by atoms with van der Waals surface area (Å²) in [6, 6.07) is 11.7. The highest BCUT2D eigenvalue weighted by Gasteiger charge is 2.35. The van der Waals surface area contributed by atoms with E-state index in [-0.39, 0.29) is 42.5 Å². The smallest absolute Gasteiger partial charge is 0.246 e. The van der Waals surface area contributed by atoms with Crippen molar-refractivity contribution in [2.75, 3.05) is 26.7 Å². The number of benzene rings is 2. The highest BCUT2D eigenvalue weighted by molar-refractivity contribution is 6.27. The Bertz CT molecular complexity index is 1080. The van der Waals surface area contributed by atoms with E-state index in [4.69, 9.17) is 25.8 Å². The van der Waals surface area contributed by atoms with Crippen LogP contribution in [0.1, 0.15) is 22.3 Å². The molecule has 5 rings (SSSR count). The van der Waals surface area contributed by atoms with E-state index in [0.717, 1.165) is 35.5 Å². The van der Waals surface area contributed by atoms with Gasteiger partial charge in [0.25, 0.3) is 0 Å². The van der Waals surface area contributed by atoms with Crippen LogP contribution >= 0.6 is 11.6 Å². The largest absolute Gasteiger partial charge is 0.496 e. The quantitative estimate of drug-likeness (QED) is 0.548. The maximum atomic E-state index is 11.3. The van der Waals surface area contributed by atoms with Crippen LogP contribution in [0.3, 0.4) is 0 Å². The van der Waals surface area contributed by atoms with Crippen molar-refractivity contribution in [2.45, 2.75) is 50.0 Å². The minimum Gasteiger partial charge on any atom is -0.496 e. The molecular weight excluding hydrogens is 472 g/mol. The zero-order valence-electron chi connectivity index (χ0n) is 19.9. The second kappa shape index (κ2) is 11.3. The number of aliphatic hydroxyl groups is 1. The molecule has 1 heterocycles. The van der Waals surface area contributed by atoms with Gasteiger partial charge in [-0.15, -0.1) is 11.6 Å². The van der Waals surface area contributed by atoms with E-state index in [1.807, 2.05) is 30.3 Å². The topological polar surface area (TPSA) is 106 Å². The summed E-state index contributed by atoms with van der Waals surface area (Å²) in [7, 11) is 3.30. The third-order valence-electron chi connectivity index (χ3n) is 6.75. The number of rotatable bonds is 4. The summed E-state index contributed by atoms with van der Waals surface area (Å²) in [5, 5.41) is 15.8. The number of amides is 2. The molecule has 0 aromatic heterocycles. The van der Waals surface area contributed by atoms with Crippen molar-refractivity contribution >= 4 is 23.4 Å². The average Bonchev–Trinajstić information content (AvgIpc) is 2.87. The number of aliphatic hydroxyl groups excluding tert-OH is 1. The van der Waals surface area contributed by atoms with Crippen LogP contribution in [0.4, 0.5) is 0 Å². The fourth-order valence-electron chi connectivity index (χ4n) is 5.03. The number of fused-ring (bicyclic) bond motifs is 3. The van der Waals surface area contributed by atoms with E-state index in [1.54, 1.807) is 14.2 Å². The number of morpholine rings is 1. The first kappa shape index (κ1) is 25.3. The Kier molecular flexibility index (Phi) is 8.15. The highest BCUT2D eigenvalue weighted by Crippen LogP contribution is 2.32. The molecule has 2 aromatic rings. The van der Waals surface area contributed by atoms with E-state index >= 15 is 0 Å². The number of hydrogen-bond acceptors (Lipinski definition) is 6. The monoisotopic (exact) mass is 502 g/mol. The zero-order chi connectivity index (χ0) is 24.9. The lowest BCUT2D eigenvalue weighted by molar-refractivity contribution is -0.137. The predicted octanol–water partition coefficient (Wildman–Crippen LogP) is 1.56. The van der Waals surface area contributed by atoms with Gasteiger partial charge in [0.15, 0.2) is 0 Å². The van der Waals surface area contributed by atoms with Crippen molar-refractivity contribution in [3.63, 3.8) is 0 Å². The molecule has 2 aliphatic carbocycles. The van der Waals surface area contributed by atoms with Crippen LogP contribution in [-0.4, -0.2) is 67.9 Å². The lowest BCUT2D eigenvalue weighted by Gasteiger charge is -2.37. The Labute approximate surface area is 209 Å². The number of hydrogen-bond donors (Lipinski definition) is 3. The molecule has 3 aliphatic rings. The van der Waals surface area contributed by atoms with E-state index in [2.05, 4.69) is 16.7 Å². The van der Waals surface area contributed by atoms with Gasteiger partial charge >= 0.3 is 0 Å². The van der Waals surface area contributed by atoms with Crippen LogP contribution in [0.15, 0.2) is 36.4 Å². The average molecular weight is 503 g/mol. The Morgan fingerprint density at radius 3 is 2.31 bits per heavy atom. The second-order valence-electron chi connectivity index (χ2n) is 8.91. The normalized spacial score (nSPS) is 24.4. The maximum absolute atomic E-state index is 11.3. The number of nitrogens with one attached hydrogen (secondary N) is 2. The molecule has 1 saturated heterocycles. The third kappa shape index (κ3) is 5.72. The Hall–Kier alpha value is -2.81. The summed E-state index contributed by atoms with van der Waals surface area (Å²) in [4.78, 5) is 22.6. The molecule has 2 aromatic carbocycles. The molecule has 0 radical (unpaired) electrons. The predicted molar refractivity (Wildman–Crippen MR) is 131 cm³/mol. The van der Waals surface area contributed by atoms with Gasteiger partial charge in [0.05, 0.1) is 38.5 Å². The number of alkyl halides is 1. The lowest BCUT2D eigenvalue weighted by Crippen LogP contribution is -2.55. The molecule has 0 saturated carbocycles. The van der Waals surface area contributed by atoms with Gasteiger partial charge in [0.2, 0.25) is 11.8 Å². The van der Waals surface area contributed by atoms with Gasteiger partial charge in [-0.2, -0.15) is 0 Å². The van der Waals surface area contributed by atoms with Crippen LogP contribution in [-0.2, 0) is 40.0 Å². The summed E-state index contributed by atoms with van der Waals surface area (Å²) in [5.74, 6) is 1.34. The molecule has 1 aliphatic heterocycles. The van der Waals surface area contributed by atoms with Crippen molar-refractivity contribution in [3.05, 3.63) is 58.7 Å². The summed E-state index contributed by atoms with van der Waals surface area (Å²) < 4.78 is 16.2. The molecule has 188 valence electrons. The van der Waals surface area contributed by atoms with Crippen LogP contribution < -0.4 is 20.1 Å². The van der Waals surface area contributed by atoms with Crippen molar-refractivity contribution < 1.29 is 28.9 Å². The van der Waals surface area contributed by atoms with E-state index in [9.17, 15) is 14.7 Å². The first-order chi connectivity index (χ1) is 16.9. The summed E-state index contributed by atoms with van der Waals surface area (Å²) in [5.41, 5.74) is 4.58. The number of halogens is 1. The number of carbonyl (C=O) groups is 2. The van der Waals surface area contributed by atoms with E-state index < -0.39 is 6.10 Å². The number of ether oxygens (including phenoxy) is 3. The van der Waals surface area contributed by atoms with Gasteiger partial charge in [-0.05, 0) is 36.1 Å². The van der Waals surface area contributed by atoms with E-state index in [0.29, 0.717) is 12.8 Å². The second-order valence-corrected chi connectivity index (χ2v) is 9.18. The minimum atomic E-state index is -0.610. The molecule has 8 nitrogen and oxygen atoms in total. The lowest BCUT2D eigenvalue weighted by atomic mass is 9.85. The minimum absolute atomic E-state index is 0.0161. The Balaban J connectivity index is 0.000000165. The molecule has 4 atom stereocenters. The molecule has 3 N–H and O–H groups in total. The first-order valence-corrected chi connectivity index (χ1v) is 12.2. The SMILES string of the molecule is COc1cccc2c1C[C@@H](O)[C@H](NC(=O)CCl)C2.COc1cccc2c1C[C@H]1OCC(=O)N[C@@H]1C2. The van der Waals surface area contributed by atoms with Gasteiger partial charge in [0, 0.05) is 24.0 Å². The third-order valence-corrected chi connectivity index (χ3v) is 7.00. The van der Waals surface area contributed by atoms with Gasteiger partial charge < -0.3 is 30.0 Å². The molecule has 0 bridgehead atoms. The van der Waals surface area contributed by atoms with Crippen molar-refractivity contribution in [1.29, 1.82) is 0 Å². The highest BCUT2D eigenvalue weighted by atomic mass is 35.5. The van der Waals surface area contributed by atoms with Gasteiger partial charge in [-0.3, -0.25) is 9.59 Å². The Morgan fingerprint density at radius 2 is 1.69 bits per heavy atom. The fourth-order valence-corrected chi connectivity index (χ4v) is 5.11. The van der Waals surface area contributed by atoms with Crippen LogP contribution in [0.5, 0.6) is 11.5 Å². The molecule has 1 fully saturated rings. The fraction of sp³-hybridized carbons (Fsp3) is 0.462.